The van der Waals surface area contributed by atoms with E-state index in [9.17, 15) is 14.0 Å². The van der Waals surface area contributed by atoms with Gasteiger partial charge in [-0.15, -0.1) is 0 Å². The predicted molar refractivity (Wildman–Crippen MR) is 129 cm³/mol. The number of carbonyl (C=O) groups excluding carboxylic acids is 2. The second kappa shape index (κ2) is 11.5. The molecule has 0 radical (unpaired) electrons. The monoisotopic (exact) mass is 467 g/mol. The van der Waals surface area contributed by atoms with E-state index in [2.05, 4.69) is 17.0 Å². The number of halogens is 1. The molecular formula is C27H34FN3O3. The minimum atomic E-state index is -0.306. The summed E-state index contributed by atoms with van der Waals surface area (Å²) in [6.07, 6.45) is 1.90. The normalized spacial score (nSPS) is 19.2. The van der Waals surface area contributed by atoms with Gasteiger partial charge in [-0.05, 0) is 55.2 Å². The van der Waals surface area contributed by atoms with E-state index in [-0.39, 0.29) is 30.0 Å². The Bertz CT molecular complexity index is 956. The Morgan fingerprint density at radius 1 is 0.912 bits per heavy atom. The van der Waals surface area contributed by atoms with Crippen molar-refractivity contribution < 1.29 is 18.7 Å². The zero-order chi connectivity index (χ0) is 23.9. The molecule has 0 aliphatic carbocycles. The summed E-state index contributed by atoms with van der Waals surface area (Å²) in [7, 11) is 0. The highest BCUT2D eigenvalue weighted by Crippen LogP contribution is 2.21. The second-order valence-corrected chi connectivity index (χ2v) is 9.16. The highest BCUT2D eigenvalue weighted by atomic mass is 19.1. The Morgan fingerprint density at radius 2 is 1.59 bits per heavy atom. The molecule has 0 aromatic heterocycles. The number of benzene rings is 2. The fourth-order valence-electron chi connectivity index (χ4n) is 4.79. The number of hydrogen-bond donors (Lipinski definition) is 0. The number of piperazine rings is 1. The maximum atomic E-state index is 13.2. The Morgan fingerprint density at radius 3 is 2.26 bits per heavy atom. The first-order chi connectivity index (χ1) is 16.5. The van der Waals surface area contributed by atoms with Crippen LogP contribution >= 0.6 is 0 Å². The molecule has 2 fully saturated rings. The van der Waals surface area contributed by atoms with Crippen molar-refractivity contribution in [3.8, 4) is 5.75 Å². The summed E-state index contributed by atoms with van der Waals surface area (Å²) in [5.41, 5.74) is 2.04. The Kier molecular flexibility index (Phi) is 8.16. The fraction of sp³-hybridized carbons (Fsp3) is 0.481. The quantitative estimate of drug-likeness (QED) is 0.627. The lowest BCUT2D eigenvalue weighted by atomic mass is 9.95. The van der Waals surface area contributed by atoms with Crippen LogP contribution < -0.4 is 4.74 Å². The van der Waals surface area contributed by atoms with Gasteiger partial charge in [0.15, 0.2) is 0 Å². The van der Waals surface area contributed by atoms with Gasteiger partial charge in [0.05, 0.1) is 18.9 Å². The number of amides is 2. The Balaban J connectivity index is 1.24. The summed E-state index contributed by atoms with van der Waals surface area (Å²) in [6, 6.07) is 14.3. The van der Waals surface area contributed by atoms with Gasteiger partial charge in [-0.3, -0.25) is 14.5 Å². The first-order valence-corrected chi connectivity index (χ1v) is 12.3. The molecule has 182 valence electrons. The molecule has 1 atom stereocenters. The van der Waals surface area contributed by atoms with Crippen LogP contribution in [0.3, 0.4) is 0 Å². The summed E-state index contributed by atoms with van der Waals surface area (Å²) >= 11 is 0. The van der Waals surface area contributed by atoms with Gasteiger partial charge in [0, 0.05) is 45.8 Å². The maximum absolute atomic E-state index is 13.2. The Hall–Kier alpha value is -2.93. The number of likely N-dealkylation sites (tertiary alicyclic amines) is 1. The summed E-state index contributed by atoms with van der Waals surface area (Å²) in [6.45, 7) is 7.79. The van der Waals surface area contributed by atoms with Gasteiger partial charge in [0.25, 0.3) is 0 Å². The van der Waals surface area contributed by atoms with Crippen molar-refractivity contribution in [3.63, 3.8) is 0 Å². The van der Waals surface area contributed by atoms with E-state index in [0.29, 0.717) is 19.7 Å². The summed E-state index contributed by atoms with van der Waals surface area (Å²) < 4.78 is 18.6. The highest BCUT2D eigenvalue weighted by Gasteiger charge is 2.32. The average molecular weight is 468 g/mol. The molecule has 6 nitrogen and oxygen atoms in total. The zero-order valence-corrected chi connectivity index (χ0v) is 19.9. The molecule has 0 saturated carbocycles. The van der Waals surface area contributed by atoms with Crippen molar-refractivity contribution in [2.45, 2.75) is 32.7 Å². The highest BCUT2D eigenvalue weighted by molar-refractivity contribution is 5.82. The van der Waals surface area contributed by atoms with Crippen LogP contribution in [0.5, 0.6) is 5.75 Å². The summed E-state index contributed by atoms with van der Waals surface area (Å²) in [5, 5.41) is 0. The van der Waals surface area contributed by atoms with E-state index in [4.69, 9.17) is 4.74 Å². The number of hydrogen-bond acceptors (Lipinski definition) is 4. The van der Waals surface area contributed by atoms with E-state index < -0.39 is 0 Å². The predicted octanol–water partition coefficient (Wildman–Crippen LogP) is 3.35. The van der Waals surface area contributed by atoms with E-state index in [0.717, 1.165) is 56.9 Å². The largest absolute Gasteiger partial charge is 0.494 e. The number of carbonyl (C=O) groups is 2. The second-order valence-electron chi connectivity index (χ2n) is 9.16. The molecule has 34 heavy (non-hydrogen) atoms. The third kappa shape index (κ3) is 6.35. The molecule has 2 aliphatic rings. The lowest BCUT2D eigenvalue weighted by Crippen LogP contribution is -2.52. The fourth-order valence-corrected chi connectivity index (χ4v) is 4.79. The summed E-state index contributed by atoms with van der Waals surface area (Å²) in [4.78, 5) is 32.1. The standard InChI is InChI=1S/C27H34FN3O3/c1-2-34-25-11-7-22(8-12-25)19-29-14-16-30(17-15-29)27(33)23-4-3-13-31(20-23)26(32)18-21-5-9-24(28)10-6-21/h5-12,23H,2-4,13-20H2,1H3. The molecule has 7 heteroatoms. The molecule has 2 aromatic carbocycles. The van der Waals surface area contributed by atoms with Gasteiger partial charge in [-0.25, -0.2) is 4.39 Å². The van der Waals surface area contributed by atoms with Crippen LogP contribution in [0.1, 0.15) is 30.9 Å². The molecule has 0 N–H and O–H groups in total. The van der Waals surface area contributed by atoms with Crippen LogP contribution in [0, 0.1) is 11.7 Å². The van der Waals surface area contributed by atoms with Crippen LogP contribution in [-0.2, 0) is 22.6 Å². The molecule has 2 heterocycles. The molecule has 2 saturated heterocycles. The van der Waals surface area contributed by atoms with Crippen molar-refractivity contribution in [2.24, 2.45) is 5.92 Å². The van der Waals surface area contributed by atoms with Crippen molar-refractivity contribution >= 4 is 11.8 Å². The first-order valence-electron chi connectivity index (χ1n) is 12.3. The van der Waals surface area contributed by atoms with Crippen LogP contribution in [0.15, 0.2) is 48.5 Å². The molecule has 2 aromatic rings. The van der Waals surface area contributed by atoms with Crippen molar-refractivity contribution in [2.75, 3.05) is 45.9 Å². The molecular weight excluding hydrogens is 433 g/mol. The van der Waals surface area contributed by atoms with Crippen LogP contribution in [0.4, 0.5) is 4.39 Å². The van der Waals surface area contributed by atoms with E-state index >= 15 is 0 Å². The van der Waals surface area contributed by atoms with Gasteiger partial charge in [0.2, 0.25) is 11.8 Å². The SMILES string of the molecule is CCOc1ccc(CN2CCN(C(=O)C3CCCN(C(=O)Cc4ccc(F)cc4)C3)CC2)cc1. The van der Waals surface area contributed by atoms with Gasteiger partial charge >= 0.3 is 0 Å². The zero-order valence-electron chi connectivity index (χ0n) is 19.9. The van der Waals surface area contributed by atoms with E-state index in [1.807, 2.05) is 24.0 Å². The van der Waals surface area contributed by atoms with Crippen molar-refractivity contribution in [1.82, 2.24) is 14.7 Å². The third-order valence-corrected chi connectivity index (χ3v) is 6.72. The van der Waals surface area contributed by atoms with E-state index in [1.165, 1.54) is 17.7 Å². The molecule has 0 bridgehead atoms. The van der Waals surface area contributed by atoms with Crippen molar-refractivity contribution in [3.05, 3.63) is 65.5 Å². The lowest BCUT2D eigenvalue weighted by Gasteiger charge is -2.39. The third-order valence-electron chi connectivity index (χ3n) is 6.72. The minimum Gasteiger partial charge on any atom is -0.494 e. The van der Waals surface area contributed by atoms with Crippen LogP contribution in [-0.4, -0.2) is 72.4 Å². The number of ether oxygens (including phenoxy) is 1. The smallest absolute Gasteiger partial charge is 0.227 e. The van der Waals surface area contributed by atoms with Gasteiger partial charge in [0.1, 0.15) is 11.6 Å². The Labute approximate surface area is 201 Å². The van der Waals surface area contributed by atoms with E-state index in [1.54, 1.807) is 17.0 Å². The molecule has 1 unspecified atom stereocenters. The summed E-state index contributed by atoms with van der Waals surface area (Å²) in [5.74, 6) is 0.617. The topological polar surface area (TPSA) is 53.1 Å². The molecule has 2 aliphatic heterocycles. The number of nitrogens with zero attached hydrogens (tertiary/aromatic N) is 3. The lowest BCUT2D eigenvalue weighted by molar-refractivity contribution is -0.142. The molecule has 2 amide bonds. The van der Waals surface area contributed by atoms with Crippen LogP contribution in [0.25, 0.3) is 0 Å². The van der Waals surface area contributed by atoms with Crippen molar-refractivity contribution in [1.29, 1.82) is 0 Å². The van der Waals surface area contributed by atoms with Gasteiger partial charge in [-0.2, -0.15) is 0 Å². The van der Waals surface area contributed by atoms with Gasteiger partial charge < -0.3 is 14.5 Å². The molecule has 4 rings (SSSR count). The average Bonchev–Trinajstić information content (AvgIpc) is 2.87. The maximum Gasteiger partial charge on any atom is 0.227 e. The van der Waals surface area contributed by atoms with Crippen LogP contribution in [0.2, 0.25) is 0 Å². The number of piperidine rings is 1. The first kappa shape index (κ1) is 24.2. The number of rotatable bonds is 7. The minimum absolute atomic E-state index is 0.00397. The van der Waals surface area contributed by atoms with Gasteiger partial charge in [-0.1, -0.05) is 24.3 Å². The molecule has 0 spiro atoms.